The number of nitrogens with zero attached hydrogens (tertiary/aromatic N) is 5. The van der Waals surface area contributed by atoms with Crippen LogP contribution in [-0.2, 0) is 32.0 Å². The van der Waals surface area contributed by atoms with Crippen molar-refractivity contribution in [3.8, 4) is 0 Å². The number of carbonyl (C=O) groups is 1. The number of rotatable bonds is 9. The summed E-state index contributed by atoms with van der Waals surface area (Å²) in [7, 11) is -4.23. The number of halogens is 4. The number of piperidine rings is 1. The molecule has 0 aliphatic carbocycles. The topological polar surface area (TPSA) is 127 Å². The van der Waals surface area contributed by atoms with Crippen molar-refractivity contribution in [3.05, 3.63) is 68.9 Å². The van der Waals surface area contributed by atoms with Crippen LogP contribution in [0.1, 0.15) is 77.4 Å². The monoisotopic (exact) mass is 615 g/mol. The number of hydrogen-bond donors (Lipinski definition) is 1. The van der Waals surface area contributed by atoms with Crippen molar-refractivity contribution in [2.45, 2.75) is 56.4 Å². The Morgan fingerprint density at radius 2 is 1.88 bits per heavy atom. The SMILES string of the molecule is O=C(Cn1nc(C(F)F)cc1C(F)F)N1CCC(c2nc(C3=NO[C@@H](c4ccccc4CS(=O)(=O)O)C3)cs2)CC1. The molecule has 2 aromatic heterocycles. The highest BCUT2D eigenvalue weighted by atomic mass is 32.2. The van der Waals surface area contributed by atoms with Crippen LogP contribution >= 0.6 is 11.3 Å². The maximum atomic E-state index is 13.3. The summed E-state index contributed by atoms with van der Waals surface area (Å²) < 4.78 is 85.1. The smallest absolute Gasteiger partial charge is 0.282 e. The van der Waals surface area contributed by atoms with Crippen LogP contribution in [0.25, 0.3) is 0 Å². The highest BCUT2D eigenvalue weighted by Gasteiger charge is 2.31. The van der Waals surface area contributed by atoms with Gasteiger partial charge in [0, 0.05) is 30.8 Å². The summed E-state index contributed by atoms with van der Waals surface area (Å²) in [4.78, 5) is 24.5. The van der Waals surface area contributed by atoms with Crippen LogP contribution in [0.3, 0.4) is 0 Å². The minimum absolute atomic E-state index is 0.0544. The van der Waals surface area contributed by atoms with Gasteiger partial charge < -0.3 is 9.74 Å². The van der Waals surface area contributed by atoms with E-state index in [0.29, 0.717) is 65.6 Å². The number of amides is 1. The average molecular weight is 616 g/mol. The fourth-order valence-corrected chi connectivity index (χ4v) is 6.60. The van der Waals surface area contributed by atoms with Crippen molar-refractivity contribution in [3.63, 3.8) is 0 Å². The summed E-state index contributed by atoms with van der Waals surface area (Å²) in [6, 6.07) is 7.37. The van der Waals surface area contributed by atoms with E-state index < -0.39 is 58.7 Å². The largest absolute Gasteiger partial charge is 0.387 e. The van der Waals surface area contributed by atoms with Crippen molar-refractivity contribution >= 4 is 33.1 Å². The Hall–Kier alpha value is -3.37. The maximum Gasteiger partial charge on any atom is 0.282 e. The molecule has 0 saturated carbocycles. The van der Waals surface area contributed by atoms with Crippen molar-refractivity contribution < 1.29 is 40.2 Å². The van der Waals surface area contributed by atoms with Crippen molar-refractivity contribution in [1.29, 1.82) is 0 Å². The molecule has 3 aromatic rings. The fraction of sp³-hybridized carbons (Fsp3) is 0.440. The highest BCUT2D eigenvalue weighted by Crippen LogP contribution is 2.35. The van der Waals surface area contributed by atoms with E-state index in [9.17, 15) is 35.3 Å². The Balaban J connectivity index is 1.18. The van der Waals surface area contributed by atoms with Crippen molar-refractivity contribution in [1.82, 2.24) is 19.7 Å². The first-order valence-corrected chi connectivity index (χ1v) is 15.1. The lowest BCUT2D eigenvalue weighted by Crippen LogP contribution is -2.40. The molecule has 0 bridgehead atoms. The van der Waals surface area contributed by atoms with Gasteiger partial charge in [0.1, 0.15) is 29.4 Å². The minimum atomic E-state index is -4.23. The third-order valence-electron chi connectivity index (χ3n) is 6.99. The minimum Gasteiger partial charge on any atom is -0.387 e. The average Bonchev–Trinajstić information content (AvgIpc) is 3.68. The standard InChI is InChI=1S/C25H25F4N5O5S2/c26-23(27)18-9-20(24(28)29)34(31-18)11-22(35)33-7-5-14(6-8-33)25-30-19(12-40-25)17-10-21(39-32-17)16-4-2-1-3-15(16)13-41(36,37)38/h1-4,9,12,14,21,23-24H,5-8,10-11,13H2,(H,36,37,38)/t21-/m1/s1. The second-order valence-corrected chi connectivity index (χ2v) is 12.1. The second kappa shape index (κ2) is 11.9. The predicted molar refractivity (Wildman–Crippen MR) is 139 cm³/mol. The van der Waals surface area contributed by atoms with E-state index in [0.717, 1.165) is 5.01 Å². The van der Waals surface area contributed by atoms with Gasteiger partial charge >= 0.3 is 0 Å². The molecule has 2 aliphatic rings. The van der Waals surface area contributed by atoms with Crippen LogP contribution in [0.5, 0.6) is 0 Å². The molecule has 4 heterocycles. The number of aromatic nitrogens is 3. The van der Waals surface area contributed by atoms with Gasteiger partial charge in [-0.1, -0.05) is 29.4 Å². The molecule has 1 atom stereocenters. The zero-order chi connectivity index (χ0) is 29.3. The van der Waals surface area contributed by atoms with E-state index in [1.807, 2.05) is 5.38 Å². The highest BCUT2D eigenvalue weighted by molar-refractivity contribution is 7.85. The molecular formula is C25H25F4N5O5S2. The van der Waals surface area contributed by atoms with Gasteiger partial charge in [-0.05, 0) is 30.0 Å². The van der Waals surface area contributed by atoms with Gasteiger partial charge in [-0.3, -0.25) is 14.0 Å². The van der Waals surface area contributed by atoms with Crippen molar-refractivity contribution in [2.75, 3.05) is 13.1 Å². The zero-order valence-corrected chi connectivity index (χ0v) is 23.0. The maximum absolute atomic E-state index is 13.3. The van der Waals surface area contributed by atoms with E-state index in [1.54, 1.807) is 24.3 Å². The molecule has 1 saturated heterocycles. The summed E-state index contributed by atoms with van der Waals surface area (Å²) >= 11 is 1.44. The molecule has 220 valence electrons. The molecule has 1 amide bonds. The van der Waals surface area contributed by atoms with E-state index in [4.69, 9.17) is 9.82 Å². The van der Waals surface area contributed by atoms with Gasteiger partial charge in [0.25, 0.3) is 23.0 Å². The molecule has 1 fully saturated rings. The molecule has 5 rings (SSSR count). The van der Waals surface area contributed by atoms with Crippen LogP contribution < -0.4 is 0 Å². The molecule has 0 radical (unpaired) electrons. The molecule has 1 aromatic carbocycles. The van der Waals surface area contributed by atoms with Crippen LogP contribution in [0.15, 0.2) is 40.9 Å². The Kier molecular flexibility index (Phi) is 8.42. The number of thiazole rings is 1. The number of oxime groups is 1. The number of alkyl halides is 4. The van der Waals surface area contributed by atoms with Gasteiger partial charge in [-0.25, -0.2) is 22.5 Å². The number of carbonyl (C=O) groups excluding carboxylic acids is 1. The van der Waals surface area contributed by atoms with Crippen LogP contribution in [0.4, 0.5) is 17.6 Å². The number of benzene rings is 1. The molecule has 0 spiro atoms. The second-order valence-electron chi connectivity index (χ2n) is 9.74. The molecule has 2 aliphatic heterocycles. The Morgan fingerprint density at radius 3 is 2.56 bits per heavy atom. The molecule has 41 heavy (non-hydrogen) atoms. The van der Waals surface area contributed by atoms with E-state index >= 15 is 0 Å². The molecule has 16 heteroatoms. The summed E-state index contributed by atoms with van der Waals surface area (Å²) in [6.07, 6.45) is -5.06. The Bertz CT molecular complexity index is 1550. The third kappa shape index (κ3) is 6.76. The van der Waals surface area contributed by atoms with E-state index in [-0.39, 0.29) is 5.92 Å². The molecule has 10 nitrogen and oxygen atoms in total. The summed E-state index contributed by atoms with van der Waals surface area (Å²) in [5.41, 5.74) is 0.746. The van der Waals surface area contributed by atoms with Crippen LogP contribution in [0.2, 0.25) is 0 Å². The Morgan fingerprint density at radius 1 is 1.15 bits per heavy atom. The summed E-state index contributed by atoms with van der Waals surface area (Å²) in [6.45, 7) is 0.150. The first-order chi connectivity index (χ1) is 19.5. The van der Waals surface area contributed by atoms with Gasteiger partial charge in [-0.15, -0.1) is 11.3 Å². The normalized spacial score (nSPS) is 18.3. The lowest BCUT2D eigenvalue weighted by Gasteiger charge is -2.31. The molecule has 0 unspecified atom stereocenters. The lowest BCUT2D eigenvalue weighted by atomic mass is 9.97. The van der Waals surface area contributed by atoms with Gasteiger partial charge in [-0.2, -0.15) is 13.5 Å². The fourth-order valence-electron chi connectivity index (χ4n) is 4.94. The van der Waals surface area contributed by atoms with Gasteiger partial charge in [0.05, 0.1) is 10.7 Å². The van der Waals surface area contributed by atoms with Crippen LogP contribution in [0, 0.1) is 0 Å². The van der Waals surface area contributed by atoms with Crippen LogP contribution in [-0.4, -0.2) is 57.3 Å². The number of hydrogen-bond acceptors (Lipinski definition) is 8. The first kappa shape index (κ1) is 29.1. The molecule has 1 N–H and O–H groups in total. The van der Waals surface area contributed by atoms with Gasteiger partial charge in [0.2, 0.25) is 5.91 Å². The number of likely N-dealkylation sites (tertiary alicyclic amines) is 1. The lowest BCUT2D eigenvalue weighted by molar-refractivity contribution is -0.133. The summed E-state index contributed by atoms with van der Waals surface area (Å²) in [5, 5.41) is 10.3. The van der Waals surface area contributed by atoms with Crippen molar-refractivity contribution in [2.24, 2.45) is 5.16 Å². The first-order valence-electron chi connectivity index (χ1n) is 12.6. The van der Waals surface area contributed by atoms with E-state index in [1.165, 1.54) is 16.2 Å². The quantitative estimate of drug-likeness (QED) is 0.269. The zero-order valence-electron chi connectivity index (χ0n) is 21.4. The molecular weight excluding hydrogens is 590 g/mol. The predicted octanol–water partition coefficient (Wildman–Crippen LogP) is 4.87. The Labute approximate surface area is 236 Å². The third-order valence-corrected chi connectivity index (χ3v) is 8.67. The summed E-state index contributed by atoms with van der Waals surface area (Å²) in [5.74, 6) is -0.961. The van der Waals surface area contributed by atoms with E-state index in [2.05, 4.69) is 10.3 Å². The van der Waals surface area contributed by atoms with Gasteiger partial charge in [0.15, 0.2) is 6.10 Å².